The number of carbonyl (C=O) groups excluding carboxylic acids is 1. The molecule has 0 fully saturated rings. The predicted octanol–water partition coefficient (Wildman–Crippen LogP) is 2.97. The van der Waals surface area contributed by atoms with Crippen LogP contribution in [0.5, 0.6) is 0 Å². The van der Waals surface area contributed by atoms with Gasteiger partial charge in [-0.1, -0.05) is 30.3 Å². The fraction of sp³-hybridized carbons (Fsp3) is 0.200. The highest BCUT2D eigenvalue weighted by Crippen LogP contribution is 2.16. The number of amides is 1. The zero-order valence-corrected chi connectivity index (χ0v) is 11.4. The first kappa shape index (κ1) is 14.6. The van der Waals surface area contributed by atoms with Crippen molar-refractivity contribution >= 4 is 12.1 Å². The van der Waals surface area contributed by atoms with E-state index in [0.29, 0.717) is 5.76 Å². The van der Waals surface area contributed by atoms with E-state index < -0.39 is 18.1 Å². The third kappa shape index (κ3) is 4.10. The summed E-state index contributed by atoms with van der Waals surface area (Å²) in [5, 5.41) is 11.3. The lowest BCUT2D eigenvalue weighted by Crippen LogP contribution is -2.27. The lowest BCUT2D eigenvalue weighted by molar-refractivity contribution is 0.0659. The van der Waals surface area contributed by atoms with Crippen LogP contribution in [0.25, 0.3) is 0 Å². The first-order valence-corrected chi connectivity index (χ1v) is 6.36. The molecular weight excluding hydrogens is 274 g/mol. The van der Waals surface area contributed by atoms with Crippen molar-refractivity contribution in [2.75, 3.05) is 0 Å². The van der Waals surface area contributed by atoms with Gasteiger partial charge in [-0.3, -0.25) is 0 Å². The number of carboxylic acids is 1. The van der Waals surface area contributed by atoms with E-state index in [1.54, 1.807) is 6.92 Å². The molecule has 0 aliphatic rings. The van der Waals surface area contributed by atoms with Gasteiger partial charge < -0.3 is 19.6 Å². The zero-order chi connectivity index (χ0) is 15.2. The second kappa shape index (κ2) is 6.60. The minimum atomic E-state index is -1.15. The second-order valence-corrected chi connectivity index (χ2v) is 4.43. The molecule has 0 radical (unpaired) electrons. The van der Waals surface area contributed by atoms with Crippen molar-refractivity contribution in [2.45, 2.75) is 19.6 Å². The van der Waals surface area contributed by atoms with E-state index in [-0.39, 0.29) is 12.4 Å². The summed E-state index contributed by atoms with van der Waals surface area (Å²) in [5.74, 6) is -0.972. The Morgan fingerprint density at radius 1 is 1.24 bits per heavy atom. The topological polar surface area (TPSA) is 88.8 Å². The highest BCUT2D eigenvalue weighted by atomic mass is 16.5. The molecular formula is C15H15NO5. The molecule has 0 aliphatic carbocycles. The maximum atomic E-state index is 11.6. The molecule has 1 atom stereocenters. The second-order valence-electron chi connectivity index (χ2n) is 4.43. The molecule has 2 rings (SSSR count). The summed E-state index contributed by atoms with van der Waals surface area (Å²) in [6.45, 7) is 1.84. The van der Waals surface area contributed by atoms with Gasteiger partial charge in [-0.25, -0.2) is 9.59 Å². The Hall–Kier alpha value is -2.76. The van der Waals surface area contributed by atoms with Crippen LogP contribution in [0.1, 0.15) is 34.8 Å². The van der Waals surface area contributed by atoms with Crippen LogP contribution in [-0.4, -0.2) is 17.2 Å². The molecule has 1 amide bonds. The largest absolute Gasteiger partial charge is 0.475 e. The normalized spacial score (nSPS) is 11.7. The first-order chi connectivity index (χ1) is 10.1. The molecule has 0 spiro atoms. The third-order valence-corrected chi connectivity index (χ3v) is 2.81. The summed E-state index contributed by atoms with van der Waals surface area (Å²) in [6, 6.07) is 11.6. The lowest BCUT2D eigenvalue weighted by atomic mass is 10.2. The fourth-order valence-electron chi connectivity index (χ4n) is 1.71. The molecule has 21 heavy (non-hydrogen) atoms. The highest BCUT2D eigenvalue weighted by Gasteiger charge is 2.16. The summed E-state index contributed by atoms with van der Waals surface area (Å²) in [6.07, 6.45) is -0.598. The summed E-state index contributed by atoms with van der Waals surface area (Å²) in [7, 11) is 0. The van der Waals surface area contributed by atoms with Crippen LogP contribution in [0, 0.1) is 0 Å². The van der Waals surface area contributed by atoms with Gasteiger partial charge >= 0.3 is 12.1 Å². The monoisotopic (exact) mass is 289 g/mol. The number of benzene rings is 1. The van der Waals surface area contributed by atoms with Crippen molar-refractivity contribution in [2.24, 2.45) is 0 Å². The van der Waals surface area contributed by atoms with Crippen LogP contribution in [0.2, 0.25) is 0 Å². The van der Waals surface area contributed by atoms with E-state index in [1.165, 1.54) is 12.1 Å². The molecule has 0 saturated heterocycles. The Balaban J connectivity index is 1.85. The maximum Gasteiger partial charge on any atom is 0.408 e. The molecule has 1 heterocycles. The Bertz CT molecular complexity index is 620. The van der Waals surface area contributed by atoms with Gasteiger partial charge in [0.05, 0.1) is 6.04 Å². The van der Waals surface area contributed by atoms with Crippen LogP contribution < -0.4 is 5.32 Å². The minimum Gasteiger partial charge on any atom is -0.475 e. The average Bonchev–Trinajstić information content (AvgIpc) is 2.96. The number of rotatable bonds is 5. The Morgan fingerprint density at radius 2 is 1.95 bits per heavy atom. The van der Waals surface area contributed by atoms with Crippen molar-refractivity contribution in [3.05, 3.63) is 59.5 Å². The summed E-state index contributed by atoms with van der Waals surface area (Å²) in [5.41, 5.74) is 0.881. The number of furan rings is 1. The Labute approximate surface area is 121 Å². The van der Waals surface area contributed by atoms with Crippen LogP contribution in [0.4, 0.5) is 4.79 Å². The van der Waals surface area contributed by atoms with Crippen molar-refractivity contribution in [1.29, 1.82) is 0 Å². The molecule has 1 aromatic heterocycles. The predicted molar refractivity (Wildman–Crippen MR) is 73.8 cm³/mol. The first-order valence-electron chi connectivity index (χ1n) is 6.36. The number of alkyl carbamates (subject to hydrolysis) is 1. The standard InChI is InChI=1S/C15H15NO5/c1-10(12-7-8-13(21-12)14(17)18)16-15(19)20-9-11-5-3-2-4-6-11/h2-8,10H,9H2,1H3,(H,16,19)(H,17,18)/t10-/m0/s1. The Kier molecular flexibility index (Phi) is 4.61. The molecule has 110 valence electrons. The fourth-order valence-corrected chi connectivity index (χ4v) is 1.71. The van der Waals surface area contributed by atoms with Crippen LogP contribution >= 0.6 is 0 Å². The van der Waals surface area contributed by atoms with E-state index in [4.69, 9.17) is 14.3 Å². The van der Waals surface area contributed by atoms with E-state index >= 15 is 0 Å². The van der Waals surface area contributed by atoms with Crippen molar-refractivity contribution in [3.63, 3.8) is 0 Å². The molecule has 2 aromatic rings. The van der Waals surface area contributed by atoms with Crippen LogP contribution in [-0.2, 0) is 11.3 Å². The summed E-state index contributed by atoms with van der Waals surface area (Å²) in [4.78, 5) is 22.4. The Morgan fingerprint density at radius 3 is 2.57 bits per heavy atom. The van der Waals surface area contributed by atoms with Gasteiger partial charge in [-0.15, -0.1) is 0 Å². The number of carbonyl (C=O) groups is 2. The highest BCUT2D eigenvalue weighted by molar-refractivity contribution is 5.84. The number of nitrogens with one attached hydrogen (secondary N) is 1. The van der Waals surface area contributed by atoms with E-state index in [0.717, 1.165) is 5.56 Å². The van der Waals surface area contributed by atoms with Gasteiger partial charge in [0, 0.05) is 0 Å². The van der Waals surface area contributed by atoms with E-state index in [9.17, 15) is 9.59 Å². The van der Waals surface area contributed by atoms with E-state index in [2.05, 4.69) is 5.32 Å². The zero-order valence-electron chi connectivity index (χ0n) is 11.4. The molecule has 0 saturated carbocycles. The molecule has 0 aliphatic heterocycles. The average molecular weight is 289 g/mol. The van der Waals surface area contributed by atoms with Gasteiger partial charge in [0.2, 0.25) is 5.76 Å². The number of hydrogen-bond acceptors (Lipinski definition) is 4. The minimum absolute atomic E-state index is 0.165. The van der Waals surface area contributed by atoms with Crippen molar-refractivity contribution < 1.29 is 23.8 Å². The maximum absolute atomic E-state index is 11.6. The molecule has 1 aromatic carbocycles. The molecule has 6 heteroatoms. The molecule has 2 N–H and O–H groups in total. The summed E-state index contributed by atoms with van der Waals surface area (Å²) >= 11 is 0. The summed E-state index contributed by atoms with van der Waals surface area (Å²) < 4.78 is 10.2. The van der Waals surface area contributed by atoms with Crippen molar-refractivity contribution in [3.8, 4) is 0 Å². The SMILES string of the molecule is C[C@H](NC(=O)OCc1ccccc1)c1ccc(C(=O)O)o1. The number of carboxylic acid groups (broad SMARTS) is 1. The molecule has 0 unspecified atom stereocenters. The quantitative estimate of drug-likeness (QED) is 0.883. The number of aromatic carboxylic acids is 1. The van der Waals surface area contributed by atoms with Gasteiger partial charge in [0.15, 0.2) is 0 Å². The number of hydrogen-bond donors (Lipinski definition) is 2. The van der Waals surface area contributed by atoms with Crippen molar-refractivity contribution in [1.82, 2.24) is 5.32 Å². The van der Waals surface area contributed by atoms with Gasteiger partial charge in [0.1, 0.15) is 12.4 Å². The van der Waals surface area contributed by atoms with Gasteiger partial charge in [-0.05, 0) is 24.6 Å². The van der Waals surface area contributed by atoms with E-state index in [1.807, 2.05) is 30.3 Å². The molecule has 6 nitrogen and oxygen atoms in total. The van der Waals surface area contributed by atoms with Gasteiger partial charge in [0.25, 0.3) is 0 Å². The lowest BCUT2D eigenvalue weighted by Gasteiger charge is -2.11. The third-order valence-electron chi connectivity index (χ3n) is 2.81. The van der Waals surface area contributed by atoms with Crippen LogP contribution in [0.15, 0.2) is 46.9 Å². The van der Waals surface area contributed by atoms with Gasteiger partial charge in [-0.2, -0.15) is 0 Å². The smallest absolute Gasteiger partial charge is 0.408 e. The molecule has 0 bridgehead atoms. The number of ether oxygens (including phenoxy) is 1. The van der Waals surface area contributed by atoms with Crippen LogP contribution in [0.3, 0.4) is 0 Å².